The normalized spacial score (nSPS) is 12.1. The average molecular weight is 292 g/mol. The number of carbonyl (C=O) groups excluding carboxylic acids is 1. The van der Waals surface area contributed by atoms with Crippen LogP contribution < -0.4 is 0 Å². The lowest BCUT2D eigenvalue weighted by Gasteiger charge is -2.15. The fourth-order valence-corrected chi connectivity index (χ4v) is 2.25. The minimum atomic E-state index is -0.277. The number of benzene rings is 1. The Morgan fingerprint density at radius 3 is 2.38 bits per heavy atom. The van der Waals surface area contributed by atoms with Crippen LogP contribution in [0, 0.1) is 0 Å². The van der Waals surface area contributed by atoms with E-state index in [1.165, 1.54) is 32.1 Å². The summed E-state index contributed by atoms with van der Waals surface area (Å²) in [5.74, 6) is -0.277. The zero-order chi connectivity index (χ0) is 15.3. The molecule has 1 rings (SSSR count). The summed E-state index contributed by atoms with van der Waals surface area (Å²) in [7, 11) is 1.68. The first-order valence-corrected chi connectivity index (χ1v) is 8.03. The van der Waals surface area contributed by atoms with E-state index in [0.29, 0.717) is 12.2 Å². The lowest BCUT2D eigenvalue weighted by atomic mass is 10.1. The van der Waals surface area contributed by atoms with Gasteiger partial charge in [0.05, 0.1) is 11.7 Å². The maximum absolute atomic E-state index is 11.8. The minimum Gasteiger partial charge on any atom is -0.459 e. The molecule has 0 radical (unpaired) electrons. The summed E-state index contributed by atoms with van der Waals surface area (Å²) in [4.78, 5) is 11.8. The monoisotopic (exact) mass is 292 g/mol. The summed E-state index contributed by atoms with van der Waals surface area (Å²) in [5, 5.41) is 0. The largest absolute Gasteiger partial charge is 0.459 e. The molecule has 0 aliphatic carbocycles. The molecule has 1 aromatic rings. The molecule has 1 aromatic carbocycles. The van der Waals surface area contributed by atoms with Gasteiger partial charge in [0.25, 0.3) is 0 Å². The fourth-order valence-electron chi connectivity index (χ4n) is 2.25. The Bertz CT molecular complexity index is 375. The summed E-state index contributed by atoms with van der Waals surface area (Å²) in [6, 6.07) is 9.07. The van der Waals surface area contributed by atoms with Gasteiger partial charge in [0, 0.05) is 7.11 Å². The van der Waals surface area contributed by atoms with E-state index >= 15 is 0 Å². The molecule has 0 heterocycles. The van der Waals surface area contributed by atoms with Crippen molar-refractivity contribution in [2.24, 2.45) is 0 Å². The van der Waals surface area contributed by atoms with E-state index in [9.17, 15) is 4.79 Å². The highest BCUT2D eigenvalue weighted by atomic mass is 16.6. The highest BCUT2D eigenvalue weighted by Gasteiger charge is 2.12. The van der Waals surface area contributed by atoms with Crippen molar-refractivity contribution in [2.45, 2.75) is 58.0 Å². The van der Waals surface area contributed by atoms with Gasteiger partial charge in [0.2, 0.25) is 0 Å². The van der Waals surface area contributed by atoms with Gasteiger partial charge in [-0.15, -0.1) is 0 Å². The van der Waals surface area contributed by atoms with Crippen molar-refractivity contribution in [3.05, 3.63) is 35.9 Å². The third-order valence-corrected chi connectivity index (χ3v) is 3.62. The molecule has 1 unspecified atom stereocenters. The number of hydrogen-bond donors (Lipinski definition) is 0. The van der Waals surface area contributed by atoms with Gasteiger partial charge < -0.3 is 9.47 Å². The smallest absolute Gasteiger partial charge is 0.338 e. The zero-order valence-electron chi connectivity index (χ0n) is 13.3. The molecule has 0 amide bonds. The van der Waals surface area contributed by atoms with E-state index in [2.05, 4.69) is 6.92 Å². The van der Waals surface area contributed by atoms with E-state index < -0.39 is 0 Å². The average Bonchev–Trinajstić information content (AvgIpc) is 2.54. The predicted octanol–water partition coefficient (Wildman–Crippen LogP) is 4.61. The highest BCUT2D eigenvalue weighted by molar-refractivity contribution is 5.89. The molecule has 0 fully saturated rings. The first-order valence-electron chi connectivity index (χ1n) is 8.03. The minimum absolute atomic E-state index is 0.00355. The van der Waals surface area contributed by atoms with E-state index in [1.54, 1.807) is 19.2 Å². The van der Waals surface area contributed by atoms with Crippen LogP contribution in [0.5, 0.6) is 0 Å². The molecule has 0 aliphatic heterocycles. The molecule has 0 saturated carbocycles. The highest BCUT2D eigenvalue weighted by Crippen LogP contribution is 2.11. The van der Waals surface area contributed by atoms with Crippen LogP contribution in [0.15, 0.2) is 30.3 Å². The molecule has 0 aliphatic rings. The third kappa shape index (κ3) is 7.86. The van der Waals surface area contributed by atoms with Crippen LogP contribution in [0.3, 0.4) is 0 Å². The molecule has 0 bridgehead atoms. The lowest BCUT2D eigenvalue weighted by Crippen LogP contribution is -2.21. The van der Waals surface area contributed by atoms with Crippen molar-refractivity contribution < 1.29 is 14.3 Å². The standard InChI is InChI=1S/C18H28O3/c1-3-4-5-6-7-11-14-17(20-2)15-21-18(19)16-12-9-8-10-13-16/h8-10,12-13,17H,3-7,11,14-15H2,1-2H3. The fraction of sp³-hybridized carbons (Fsp3) is 0.611. The first-order chi connectivity index (χ1) is 10.3. The van der Waals surface area contributed by atoms with Crippen LogP contribution in [-0.4, -0.2) is 25.8 Å². The number of hydrogen-bond acceptors (Lipinski definition) is 3. The van der Waals surface area contributed by atoms with Gasteiger partial charge in [-0.25, -0.2) is 4.79 Å². The van der Waals surface area contributed by atoms with Crippen LogP contribution in [0.1, 0.15) is 62.2 Å². The number of methoxy groups -OCH3 is 1. The Labute approximate surface area is 128 Å². The van der Waals surface area contributed by atoms with Crippen molar-refractivity contribution in [1.29, 1.82) is 0 Å². The molecular weight excluding hydrogens is 264 g/mol. The van der Waals surface area contributed by atoms with E-state index in [0.717, 1.165) is 12.8 Å². The molecule has 3 nitrogen and oxygen atoms in total. The van der Waals surface area contributed by atoms with Crippen molar-refractivity contribution in [2.75, 3.05) is 13.7 Å². The third-order valence-electron chi connectivity index (χ3n) is 3.62. The van der Waals surface area contributed by atoms with E-state index in [1.807, 2.05) is 18.2 Å². The molecule has 1 atom stereocenters. The number of carbonyl (C=O) groups is 1. The van der Waals surface area contributed by atoms with Gasteiger partial charge in [0.15, 0.2) is 0 Å². The maximum atomic E-state index is 11.8. The SMILES string of the molecule is CCCCCCCCC(COC(=O)c1ccccc1)OC. The lowest BCUT2D eigenvalue weighted by molar-refractivity contribution is 0.00718. The topological polar surface area (TPSA) is 35.5 Å². The molecule has 0 spiro atoms. The molecular formula is C18H28O3. The molecule has 0 N–H and O–H groups in total. The van der Waals surface area contributed by atoms with Crippen LogP contribution in [0.25, 0.3) is 0 Å². The van der Waals surface area contributed by atoms with Crippen molar-refractivity contribution >= 4 is 5.97 Å². The second-order valence-corrected chi connectivity index (χ2v) is 5.38. The quantitative estimate of drug-likeness (QED) is 0.441. The molecule has 0 aromatic heterocycles. The maximum Gasteiger partial charge on any atom is 0.338 e. The summed E-state index contributed by atoms with van der Waals surface area (Å²) in [6.45, 7) is 2.56. The Morgan fingerprint density at radius 1 is 1.05 bits per heavy atom. The molecule has 0 saturated heterocycles. The van der Waals surface area contributed by atoms with Crippen molar-refractivity contribution in [1.82, 2.24) is 0 Å². The second kappa shape index (κ2) is 11.3. The van der Waals surface area contributed by atoms with E-state index in [-0.39, 0.29) is 12.1 Å². The van der Waals surface area contributed by atoms with Gasteiger partial charge in [-0.3, -0.25) is 0 Å². The zero-order valence-corrected chi connectivity index (χ0v) is 13.3. The summed E-state index contributed by atoms with van der Waals surface area (Å²) in [6.07, 6.45) is 8.51. The number of esters is 1. The van der Waals surface area contributed by atoms with Crippen LogP contribution in [-0.2, 0) is 9.47 Å². The number of unbranched alkanes of at least 4 members (excludes halogenated alkanes) is 5. The number of ether oxygens (including phenoxy) is 2. The molecule has 118 valence electrons. The van der Waals surface area contributed by atoms with Crippen molar-refractivity contribution in [3.63, 3.8) is 0 Å². The van der Waals surface area contributed by atoms with Gasteiger partial charge >= 0.3 is 5.97 Å². The summed E-state index contributed by atoms with van der Waals surface area (Å²) in [5.41, 5.74) is 0.590. The first kappa shape index (κ1) is 17.7. The second-order valence-electron chi connectivity index (χ2n) is 5.38. The summed E-state index contributed by atoms with van der Waals surface area (Å²) < 4.78 is 10.7. The number of rotatable bonds is 11. The van der Waals surface area contributed by atoms with Gasteiger partial charge in [-0.05, 0) is 18.6 Å². The van der Waals surface area contributed by atoms with Crippen LogP contribution >= 0.6 is 0 Å². The van der Waals surface area contributed by atoms with Crippen LogP contribution in [0.4, 0.5) is 0 Å². The molecule has 21 heavy (non-hydrogen) atoms. The van der Waals surface area contributed by atoms with Gasteiger partial charge in [0.1, 0.15) is 6.61 Å². The van der Waals surface area contributed by atoms with E-state index in [4.69, 9.17) is 9.47 Å². The Balaban J connectivity index is 2.17. The van der Waals surface area contributed by atoms with Crippen molar-refractivity contribution in [3.8, 4) is 0 Å². The Morgan fingerprint density at radius 2 is 1.71 bits per heavy atom. The summed E-state index contributed by atoms with van der Waals surface area (Å²) >= 11 is 0. The predicted molar refractivity (Wildman–Crippen MR) is 85.5 cm³/mol. The molecule has 3 heteroatoms. The van der Waals surface area contributed by atoms with Gasteiger partial charge in [-0.2, -0.15) is 0 Å². The van der Waals surface area contributed by atoms with Crippen LogP contribution in [0.2, 0.25) is 0 Å². The van der Waals surface area contributed by atoms with Gasteiger partial charge in [-0.1, -0.05) is 63.6 Å². The Kier molecular flexibility index (Phi) is 9.55. The Hall–Kier alpha value is -1.35.